The summed E-state index contributed by atoms with van der Waals surface area (Å²) >= 11 is 0. The number of aryl methyl sites for hydroxylation is 1. The molecule has 0 unspecified atom stereocenters. The van der Waals surface area contributed by atoms with E-state index in [2.05, 4.69) is 10.3 Å². The summed E-state index contributed by atoms with van der Waals surface area (Å²) in [4.78, 5) is 6.19. The molecule has 0 aromatic heterocycles. The Balaban J connectivity index is 2.38. The predicted molar refractivity (Wildman–Crippen MR) is 92.0 cm³/mol. The molecule has 122 valence electrons. The van der Waals surface area contributed by atoms with Crippen molar-refractivity contribution in [3.8, 4) is 0 Å². The van der Waals surface area contributed by atoms with E-state index in [4.69, 9.17) is 0 Å². The molecule has 0 radical (unpaired) electrons. The molecule has 2 rings (SSSR count). The van der Waals surface area contributed by atoms with E-state index in [0.717, 1.165) is 12.1 Å². The van der Waals surface area contributed by atoms with Crippen molar-refractivity contribution in [3.05, 3.63) is 53.1 Å². The van der Waals surface area contributed by atoms with Gasteiger partial charge in [-0.1, -0.05) is 12.1 Å². The van der Waals surface area contributed by atoms with Crippen molar-refractivity contribution in [1.29, 1.82) is 0 Å². The number of hydrogen-bond donors (Lipinski definition) is 1. The smallest absolute Gasteiger partial charge is 0.149 e. The Labute approximate surface area is 135 Å². The van der Waals surface area contributed by atoms with E-state index in [1.807, 2.05) is 25.8 Å². The molecule has 0 aliphatic heterocycles. The molecular weight excluding hydrogens is 296 g/mol. The van der Waals surface area contributed by atoms with Gasteiger partial charge in [0.05, 0.1) is 17.7 Å². The monoisotopic (exact) mass is 317 g/mol. The van der Waals surface area contributed by atoms with Crippen LogP contribution in [0.15, 0.2) is 35.3 Å². The zero-order valence-corrected chi connectivity index (χ0v) is 13.8. The van der Waals surface area contributed by atoms with Crippen LogP contribution >= 0.6 is 0 Å². The molecule has 3 nitrogen and oxygen atoms in total. The Morgan fingerprint density at radius 2 is 1.91 bits per heavy atom. The minimum atomic E-state index is -0.419. The number of benzene rings is 2. The van der Waals surface area contributed by atoms with Crippen molar-refractivity contribution in [2.45, 2.75) is 20.8 Å². The van der Waals surface area contributed by atoms with Crippen molar-refractivity contribution in [1.82, 2.24) is 4.90 Å². The van der Waals surface area contributed by atoms with Gasteiger partial charge in [-0.05, 0) is 50.1 Å². The summed E-state index contributed by atoms with van der Waals surface area (Å²) in [7, 11) is 1.89. The Bertz CT molecular complexity index is 726. The van der Waals surface area contributed by atoms with Gasteiger partial charge >= 0.3 is 0 Å². The van der Waals surface area contributed by atoms with E-state index in [-0.39, 0.29) is 5.82 Å². The van der Waals surface area contributed by atoms with Crippen LogP contribution in [0.4, 0.5) is 25.8 Å². The van der Waals surface area contributed by atoms with Crippen molar-refractivity contribution in [2.75, 3.05) is 18.9 Å². The third kappa shape index (κ3) is 4.06. The SMILES string of the molecule is CCN(C)C=Nc1cc(F)cc(Nc2cccc(C)c2F)c1C. The summed E-state index contributed by atoms with van der Waals surface area (Å²) < 4.78 is 28.0. The Hall–Kier alpha value is -2.43. The lowest BCUT2D eigenvalue weighted by Gasteiger charge is -2.14. The van der Waals surface area contributed by atoms with E-state index in [1.165, 1.54) is 12.1 Å². The number of aliphatic imine (C=N–C) groups is 1. The molecule has 0 heterocycles. The molecule has 0 saturated heterocycles. The summed E-state index contributed by atoms with van der Waals surface area (Å²) in [6, 6.07) is 7.78. The first-order valence-corrected chi connectivity index (χ1v) is 7.49. The highest BCUT2D eigenvalue weighted by atomic mass is 19.1. The molecule has 0 spiro atoms. The molecule has 0 atom stereocenters. The van der Waals surface area contributed by atoms with Crippen molar-refractivity contribution < 1.29 is 8.78 Å². The first-order valence-electron chi connectivity index (χ1n) is 7.49. The molecule has 0 bridgehead atoms. The van der Waals surface area contributed by atoms with Crippen LogP contribution in [-0.4, -0.2) is 24.8 Å². The second kappa shape index (κ2) is 7.22. The first-order chi connectivity index (χ1) is 10.9. The van der Waals surface area contributed by atoms with Gasteiger partial charge in [0, 0.05) is 19.3 Å². The maximum Gasteiger partial charge on any atom is 0.149 e. The number of hydrogen-bond acceptors (Lipinski definition) is 2. The van der Waals surface area contributed by atoms with Crippen LogP contribution in [0.2, 0.25) is 0 Å². The standard InChI is InChI=1S/C18H21F2N3/c1-5-23(4)11-21-16-9-14(19)10-17(13(16)3)22-15-8-6-7-12(2)18(15)20/h6-11,22H,5H2,1-4H3. The van der Waals surface area contributed by atoms with Gasteiger partial charge in [-0.15, -0.1) is 0 Å². The molecule has 5 heteroatoms. The van der Waals surface area contributed by atoms with Crippen molar-refractivity contribution in [3.63, 3.8) is 0 Å². The van der Waals surface area contributed by atoms with Crippen molar-refractivity contribution in [2.24, 2.45) is 4.99 Å². The van der Waals surface area contributed by atoms with Gasteiger partial charge in [-0.2, -0.15) is 0 Å². The number of nitrogens with zero attached hydrogens (tertiary/aromatic N) is 2. The molecule has 0 amide bonds. The fraction of sp³-hybridized carbons (Fsp3) is 0.278. The van der Waals surface area contributed by atoms with Gasteiger partial charge in [-0.3, -0.25) is 0 Å². The summed E-state index contributed by atoms with van der Waals surface area (Å²) in [6.07, 6.45) is 1.65. The summed E-state index contributed by atoms with van der Waals surface area (Å²) in [5, 5.41) is 2.96. The van der Waals surface area contributed by atoms with E-state index in [1.54, 1.807) is 31.5 Å². The highest BCUT2D eigenvalue weighted by molar-refractivity contribution is 5.72. The van der Waals surface area contributed by atoms with E-state index >= 15 is 0 Å². The molecule has 0 saturated carbocycles. The maximum absolute atomic E-state index is 14.1. The second-order valence-electron chi connectivity index (χ2n) is 5.48. The minimum absolute atomic E-state index is 0.319. The normalized spacial score (nSPS) is 11.0. The van der Waals surface area contributed by atoms with E-state index in [9.17, 15) is 8.78 Å². The van der Waals surface area contributed by atoms with Crippen LogP contribution in [-0.2, 0) is 0 Å². The number of anilines is 2. The van der Waals surface area contributed by atoms with Crippen molar-refractivity contribution >= 4 is 23.4 Å². The molecule has 0 fully saturated rings. The lowest BCUT2D eigenvalue weighted by molar-refractivity contribution is 0.552. The Morgan fingerprint density at radius 1 is 1.17 bits per heavy atom. The molecule has 23 heavy (non-hydrogen) atoms. The zero-order chi connectivity index (χ0) is 17.0. The molecular formula is C18H21F2N3. The van der Waals surface area contributed by atoms with Crippen LogP contribution in [0.3, 0.4) is 0 Å². The quantitative estimate of drug-likeness (QED) is 0.625. The second-order valence-corrected chi connectivity index (χ2v) is 5.48. The number of nitrogens with one attached hydrogen (secondary N) is 1. The van der Waals surface area contributed by atoms with Gasteiger partial charge in [0.15, 0.2) is 0 Å². The molecule has 1 N–H and O–H groups in total. The van der Waals surface area contributed by atoms with E-state index < -0.39 is 5.82 Å². The molecule has 0 aliphatic rings. The van der Waals surface area contributed by atoms with E-state index in [0.29, 0.717) is 22.6 Å². The average Bonchev–Trinajstić information content (AvgIpc) is 2.53. The lowest BCUT2D eigenvalue weighted by atomic mass is 10.1. The van der Waals surface area contributed by atoms with Gasteiger partial charge < -0.3 is 10.2 Å². The van der Waals surface area contributed by atoms with Crippen LogP contribution < -0.4 is 5.32 Å². The van der Waals surface area contributed by atoms with Gasteiger partial charge in [-0.25, -0.2) is 13.8 Å². The summed E-state index contributed by atoms with van der Waals surface area (Å²) in [6.45, 7) is 6.32. The fourth-order valence-electron chi connectivity index (χ4n) is 2.06. The Morgan fingerprint density at radius 3 is 2.61 bits per heavy atom. The molecule has 0 aliphatic carbocycles. The number of halogens is 2. The predicted octanol–water partition coefficient (Wildman–Crippen LogP) is 4.94. The highest BCUT2D eigenvalue weighted by Gasteiger charge is 2.10. The maximum atomic E-state index is 14.1. The fourth-order valence-corrected chi connectivity index (χ4v) is 2.06. The average molecular weight is 317 g/mol. The summed E-state index contributed by atoms with van der Waals surface area (Å²) in [5.74, 6) is -0.760. The van der Waals surface area contributed by atoms with Crippen LogP contribution in [0.5, 0.6) is 0 Å². The summed E-state index contributed by atoms with van der Waals surface area (Å²) in [5.41, 5.74) is 2.63. The van der Waals surface area contributed by atoms with Crippen LogP contribution in [0.25, 0.3) is 0 Å². The third-order valence-electron chi connectivity index (χ3n) is 3.70. The topological polar surface area (TPSA) is 27.6 Å². The van der Waals surface area contributed by atoms with Gasteiger partial charge in [0.25, 0.3) is 0 Å². The van der Waals surface area contributed by atoms with Crippen LogP contribution in [0, 0.1) is 25.5 Å². The Kier molecular flexibility index (Phi) is 5.32. The highest BCUT2D eigenvalue weighted by Crippen LogP contribution is 2.31. The van der Waals surface area contributed by atoms with Crippen LogP contribution in [0.1, 0.15) is 18.1 Å². The lowest BCUT2D eigenvalue weighted by Crippen LogP contribution is -2.14. The van der Waals surface area contributed by atoms with Gasteiger partial charge in [0.2, 0.25) is 0 Å². The minimum Gasteiger partial charge on any atom is -0.366 e. The largest absolute Gasteiger partial charge is 0.366 e. The first kappa shape index (κ1) is 16.9. The molecule has 2 aromatic rings. The number of rotatable bonds is 5. The van der Waals surface area contributed by atoms with Gasteiger partial charge in [0.1, 0.15) is 11.6 Å². The molecule has 2 aromatic carbocycles. The third-order valence-corrected chi connectivity index (χ3v) is 3.70. The zero-order valence-electron chi connectivity index (χ0n) is 13.8.